The van der Waals surface area contributed by atoms with Gasteiger partial charge in [0, 0.05) is 25.5 Å². The molecule has 0 unspecified atom stereocenters. The molecule has 0 bridgehead atoms. The molecule has 2 heterocycles. The van der Waals surface area contributed by atoms with E-state index in [4.69, 9.17) is 0 Å². The number of benzene rings is 1. The van der Waals surface area contributed by atoms with E-state index in [2.05, 4.69) is 53.9 Å². The van der Waals surface area contributed by atoms with Crippen LogP contribution in [0.4, 0.5) is 0 Å². The summed E-state index contributed by atoms with van der Waals surface area (Å²) in [6.07, 6.45) is 4.72. The minimum absolute atomic E-state index is 0.238. The quantitative estimate of drug-likeness (QED) is 0.848. The molecule has 21 heavy (non-hydrogen) atoms. The second-order valence-corrected chi connectivity index (χ2v) is 5.89. The maximum atomic E-state index is 12.7. The molecule has 1 aliphatic rings. The van der Waals surface area contributed by atoms with Crippen molar-refractivity contribution in [3.8, 4) is 0 Å². The number of nitrogens with zero attached hydrogens (tertiary/aromatic N) is 2. The zero-order valence-electron chi connectivity index (χ0n) is 12.7. The van der Waals surface area contributed by atoms with Gasteiger partial charge in [-0.3, -0.25) is 4.79 Å². The van der Waals surface area contributed by atoms with Crippen LogP contribution in [0.15, 0.2) is 42.6 Å². The number of likely N-dealkylation sites (tertiary alicyclic amines) is 1. The van der Waals surface area contributed by atoms with E-state index in [0.717, 1.165) is 24.9 Å². The van der Waals surface area contributed by atoms with Crippen molar-refractivity contribution in [2.24, 2.45) is 7.05 Å². The summed E-state index contributed by atoms with van der Waals surface area (Å²) in [5.41, 5.74) is 3.58. The predicted octanol–water partition coefficient (Wildman–Crippen LogP) is 3.24. The molecule has 3 heteroatoms. The van der Waals surface area contributed by atoms with Crippen molar-refractivity contribution in [2.75, 3.05) is 6.54 Å². The molecule has 1 saturated heterocycles. The van der Waals surface area contributed by atoms with E-state index in [-0.39, 0.29) is 11.9 Å². The smallest absolute Gasteiger partial charge is 0.227 e. The number of carbonyl (C=O) groups is 1. The number of aromatic nitrogens is 1. The van der Waals surface area contributed by atoms with Gasteiger partial charge in [-0.2, -0.15) is 0 Å². The van der Waals surface area contributed by atoms with Gasteiger partial charge in [-0.15, -0.1) is 0 Å². The lowest BCUT2D eigenvalue weighted by molar-refractivity contribution is -0.131. The number of amides is 1. The van der Waals surface area contributed by atoms with E-state index < -0.39 is 0 Å². The summed E-state index contributed by atoms with van der Waals surface area (Å²) >= 11 is 0. The number of aryl methyl sites for hydroxylation is 2. The van der Waals surface area contributed by atoms with E-state index in [1.807, 2.05) is 12.1 Å². The molecule has 1 fully saturated rings. The molecule has 0 radical (unpaired) electrons. The normalized spacial score (nSPS) is 18.2. The molecule has 1 amide bonds. The second-order valence-electron chi connectivity index (χ2n) is 5.89. The van der Waals surface area contributed by atoms with Crippen LogP contribution < -0.4 is 0 Å². The summed E-state index contributed by atoms with van der Waals surface area (Å²) in [6, 6.07) is 12.6. The van der Waals surface area contributed by atoms with Crippen LogP contribution in [0.1, 0.15) is 35.7 Å². The van der Waals surface area contributed by atoms with Crippen molar-refractivity contribution in [1.82, 2.24) is 9.47 Å². The lowest BCUT2D eigenvalue weighted by Crippen LogP contribution is -2.32. The molecule has 3 nitrogen and oxygen atoms in total. The van der Waals surface area contributed by atoms with Gasteiger partial charge in [0.2, 0.25) is 5.91 Å². The Hall–Kier alpha value is -2.03. The SMILES string of the molecule is Cc1ccccc1CC(=O)N1CCC[C@H]1c1cccn1C. The molecule has 2 aromatic rings. The minimum atomic E-state index is 0.238. The first-order valence-corrected chi connectivity index (χ1v) is 7.62. The highest BCUT2D eigenvalue weighted by Gasteiger charge is 2.31. The third-order valence-corrected chi connectivity index (χ3v) is 4.50. The van der Waals surface area contributed by atoms with Crippen LogP contribution in [0.2, 0.25) is 0 Å². The van der Waals surface area contributed by atoms with Gasteiger partial charge in [0.1, 0.15) is 0 Å². The average molecular weight is 282 g/mol. The van der Waals surface area contributed by atoms with Gasteiger partial charge in [0.15, 0.2) is 0 Å². The molecule has 3 rings (SSSR count). The Morgan fingerprint density at radius 2 is 2.05 bits per heavy atom. The van der Waals surface area contributed by atoms with Crippen molar-refractivity contribution >= 4 is 5.91 Å². The van der Waals surface area contributed by atoms with Crippen LogP contribution in [-0.4, -0.2) is 21.9 Å². The van der Waals surface area contributed by atoms with E-state index in [9.17, 15) is 4.79 Å². The summed E-state index contributed by atoms with van der Waals surface area (Å²) < 4.78 is 2.13. The summed E-state index contributed by atoms with van der Waals surface area (Å²) in [6.45, 7) is 2.95. The van der Waals surface area contributed by atoms with Crippen molar-refractivity contribution in [3.63, 3.8) is 0 Å². The Morgan fingerprint density at radius 1 is 1.24 bits per heavy atom. The summed E-state index contributed by atoms with van der Waals surface area (Å²) in [7, 11) is 2.05. The van der Waals surface area contributed by atoms with Crippen LogP contribution in [0.3, 0.4) is 0 Å². The third kappa shape index (κ3) is 2.73. The van der Waals surface area contributed by atoms with Gasteiger partial charge in [-0.1, -0.05) is 24.3 Å². The Bertz CT molecular complexity index is 644. The Kier molecular flexibility index (Phi) is 3.82. The van der Waals surface area contributed by atoms with Gasteiger partial charge in [-0.25, -0.2) is 0 Å². The van der Waals surface area contributed by atoms with Gasteiger partial charge < -0.3 is 9.47 Å². The maximum Gasteiger partial charge on any atom is 0.227 e. The lowest BCUT2D eigenvalue weighted by atomic mass is 10.0. The van der Waals surface area contributed by atoms with E-state index in [1.54, 1.807) is 0 Å². The van der Waals surface area contributed by atoms with Crippen molar-refractivity contribution in [3.05, 3.63) is 59.4 Å². The van der Waals surface area contributed by atoms with Gasteiger partial charge in [0.25, 0.3) is 0 Å². The largest absolute Gasteiger partial charge is 0.353 e. The number of rotatable bonds is 3. The molecule has 0 N–H and O–H groups in total. The number of hydrogen-bond acceptors (Lipinski definition) is 1. The molecule has 0 saturated carbocycles. The van der Waals surface area contributed by atoms with Gasteiger partial charge in [0.05, 0.1) is 12.5 Å². The molecular formula is C18H22N2O. The monoisotopic (exact) mass is 282 g/mol. The maximum absolute atomic E-state index is 12.7. The molecule has 0 aliphatic carbocycles. The van der Waals surface area contributed by atoms with Crippen LogP contribution >= 0.6 is 0 Å². The number of carbonyl (C=O) groups excluding carboxylic acids is 1. The van der Waals surface area contributed by atoms with Crippen molar-refractivity contribution < 1.29 is 4.79 Å². The molecule has 1 aromatic heterocycles. The minimum Gasteiger partial charge on any atom is -0.353 e. The summed E-state index contributed by atoms with van der Waals surface area (Å²) in [5, 5.41) is 0. The van der Waals surface area contributed by atoms with Crippen molar-refractivity contribution in [2.45, 2.75) is 32.2 Å². The van der Waals surface area contributed by atoms with Gasteiger partial charge in [-0.05, 0) is 43.0 Å². The molecule has 1 aliphatic heterocycles. The predicted molar refractivity (Wildman–Crippen MR) is 84.0 cm³/mol. The zero-order chi connectivity index (χ0) is 14.8. The van der Waals surface area contributed by atoms with E-state index in [0.29, 0.717) is 6.42 Å². The van der Waals surface area contributed by atoms with E-state index >= 15 is 0 Å². The highest BCUT2D eigenvalue weighted by molar-refractivity contribution is 5.79. The van der Waals surface area contributed by atoms with Gasteiger partial charge >= 0.3 is 0 Å². The topological polar surface area (TPSA) is 25.2 Å². The van der Waals surface area contributed by atoms with Crippen molar-refractivity contribution in [1.29, 1.82) is 0 Å². The Morgan fingerprint density at radius 3 is 2.76 bits per heavy atom. The zero-order valence-corrected chi connectivity index (χ0v) is 12.7. The van der Waals surface area contributed by atoms with Crippen LogP contribution in [0.5, 0.6) is 0 Å². The van der Waals surface area contributed by atoms with E-state index in [1.165, 1.54) is 11.3 Å². The standard InChI is InChI=1S/C18H22N2O/c1-14-7-3-4-8-15(14)13-18(21)20-12-6-10-17(20)16-9-5-11-19(16)2/h3-5,7-9,11,17H,6,10,12-13H2,1-2H3/t17-/m0/s1. The molecule has 110 valence electrons. The Balaban J connectivity index is 1.78. The Labute approximate surface area is 126 Å². The van der Waals surface area contributed by atoms with Crippen LogP contribution in [-0.2, 0) is 18.3 Å². The van der Waals surface area contributed by atoms with Crippen LogP contribution in [0, 0.1) is 6.92 Å². The molecule has 1 atom stereocenters. The third-order valence-electron chi connectivity index (χ3n) is 4.50. The summed E-state index contributed by atoms with van der Waals surface area (Å²) in [5.74, 6) is 0.244. The summed E-state index contributed by atoms with van der Waals surface area (Å²) in [4.78, 5) is 14.8. The highest BCUT2D eigenvalue weighted by Crippen LogP contribution is 2.32. The average Bonchev–Trinajstić information content (AvgIpc) is 3.09. The fourth-order valence-corrected chi connectivity index (χ4v) is 3.27. The second kappa shape index (κ2) is 5.76. The first kappa shape index (κ1) is 13.9. The molecule has 1 aromatic carbocycles. The van der Waals surface area contributed by atoms with Crippen LogP contribution in [0.25, 0.3) is 0 Å². The molecule has 0 spiro atoms. The lowest BCUT2D eigenvalue weighted by Gasteiger charge is -2.25. The first-order chi connectivity index (χ1) is 10.2. The highest BCUT2D eigenvalue weighted by atomic mass is 16.2. The first-order valence-electron chi connectivity index (χ1n) is 7.62. The number of hydrogen-bond donors (Lipinski definition) is 0. The fraction of sp³-hybridized carbons (Fsp3) is 0.389. The molecular weight excluding hydrogens is 260 g/mol. The fourth-order valence-electron chi connectivity index (χ4n) is 3.27.